The Balaban J connectivity index is 1.42. The van der Waals surface area contributed by atoms with Gasteiger partial charge in [0, 0.05) is 34.4 Å². The second-order valence-electron chi connectivity index (χ2n) is 9.88. The Bertz CT molecular complexity index is 1500. The smallest absolute Gasteiger partial charge is 0.267 e. The van der Waals surface area contributed by atoms with Crippen LogP contribution < -0.4 is 0 Å². The van der Waals surface area contributed by atoms with Crippen LogP contribution in [0.5, 0.6) is 0 Å². The van der Waals surface area contributed by atoms with Crippen LogP contribution in [0.15, 0.2) is 82.7 Å². The van der Waals surface area contributed by atoms with E-state index in [1.165, 1.54) is 46.4 Å². The Morgan fingerprint density at radius 2 is 1.69 bits per heavy atom. The molecule has 1 amide bonds. The monoisotopic (exact) mass is 493 g/mol. The lowest BCUT2D eigenvalue weighted by molar-refractivity contribution is -0.124. The number of amides is 1. The number of aromatic nitrogens is 1. The van der Waals surface area contributed by atoms with Crippen molar-refractivity contribution in [1.29, 1.82) is 0 Å². The third-order valence-electron chi connectivity index (χ3n) is 7.63. The van der Waals surface area contributed by atoms with Gasteiger partial charge in [0.25, 0.3) is 5.91 Å². The van der Waals surface area contributed by atoms with Crippen LogP contribution in [0.1, 0.15) is 45.1 Å². The van der Waals surface area contributed by atoms with Crippen LogP contribution in [0, 0.1) is 5.92 Å². The Hall–Kier alpha value is -3.31. The topological polar surface area (TPSA) is 37.6 Å². The van der Waals surface area contributed by atoms with Gasteiger partial charge in [0.15, 0.2) is 5.17 Å². The number of nitrogens with zero attached hydrogens (tertiary/aromatic N) is 3. The molecule has 0 N–H and O–H groups in total. The molecule has 0 spiro atoms. The molecule has 2 aliphatic rings. The van der Waals surface area contributed by atoms with Gasteiger partial charge < -0.3 is 4.57 Å². The summed E-state index contributed by atoms with van der Waals surface area (Å²) in [5.41, 5.74) is 4.42. The number of hydrogen-bond donors (Lipinski definition) is 0. The molecule has 1 aromatic heterocycles. The molecule has 6 rings (SSSR count). The largest absolute Gasteiger partial charge is 0.341 e. The minimum Gasteiger partial charge on any atom is -0.341 e. The second-order valence-corrected chi connectivity index (χ2v) is 10.9. The minimum absolute atomic E-state index is 0.0875. The van der Waals surface area contributed by atoms with Gasteiger partial charge in [0.2, 0.25) is 0 Å². The zero-order valence-electron chi connectivity index (χ0n) is 20.9. The maximum absolute atomic E-state index is 13.8. The summed E-state index contributed by atoms with van der Waals surface area (Å²) in [5.74, 6) is 0.560. The molecule has 1 aliphatic heterocycles. The van der Waals surface area contributed by atoms with Gasteiger partial charge in [-0.2, -0.15) is 0 Å². The van der Waals surface area contributed by atoms with Gasteiger partial charge in [-0.25, -0.2) is 4.99 Å². The Kier molecular flexibility index (Phi) is 6.18. The van der Waals surface area contributed by atoms with Gasteiger partial charge in [-0.1, -0.05) is 62.2 Å². The lowest BCUT2D eigenvalue weighted by atomic mass is 9.85. The molecule has 182 valence electrons. The van der Waals surface area contributed by atoms with Crippen molar-refractivity contribution in [2.75, 3.05) is 0 Å². The van der Waals surface area contributed by atoms with Crippen LogP contribution in [0.4, 0.5) is 5.69 Å². The van der Waals surface area contributed by atoms with Crippen molar-refractivity contribution < 1.29 is 4.79 Å². The van der Waals surface area contributed by atoms with Gasteiger partial charge in [0.05, 0.1) is 10.6 Å². The molecular formula is C31H31N3OS. The van der Waals surface area contributed by atoms with Crippen molar-refractivity contribution in [2.45, 2.75) is 52.1 Å². The SMILES string of the molecule is CCn1c2ccccc2c2cc(/C=C3\SC(=Nc4ccccc4)N([C@H]4CCCC[C@H]4C)C3=O)ccc21. The van der Waals surface area contributed by atoms with Crippen molar-refractivity contribution in [1.82, 2.24) is 9.47 Å². The van der Waals surface area contributed by atoms with Gasteiger partial charge in [-0.3, -0.25) is 9.69 Å². The third kappa shape index (κ3) is 4.05. The van der Waals surface area contributed by atoms with E-state index in [2.05, 4.69) is 67.0 Å². The van der Waals surface area contributed by atoms with Crippen LogP contribution >= 0.6 is 11.8 Å². The molecule has 5 heteroatoms. The summed E-state index contributed by atoms with van der Waals surface area (Å²) in [5, 5.41) is 3.29. The van der Waals surface area contributed by atoms with Crippen molar-refractivity contribution in [2.24, 2.45) is 10.9 Å². The molecule has 0 unspecified atom stereocenters. The van der Waals surface area contributed by atoms with Gasteiger partial charge in [-0.05, 0) is 79.4 Å². The zero-order chi connectivity index (χ0) is 24.6. The Morgan fingerprint density at radius 3 is 2.50 bits per heavy atom. The van der Waals surface area contributed by atoms with E-state index in [9.17, 15) is 4.79 Å². The van der Waals surface area contributed by atoms with Crippen molar-refractivity contribution in [3.8, 4) is 0 Å². The average molecular weight is 494 g/mol. The highest BCUT2D eigenvalue weighted by molar-refractivity contribution is 8.18. The van der Waals surface area contributed by atoms with E-state index in [-0.39, 0.29) is 11.9 Å². The first-order valence-corrected chi connectivity index (χ1v) is 13.8. The number of aliphatic imine (C=N–C) groups is 1. The molecule has 0 radical (unpaired) electrons. The van der Waals surface area contributed by atoms with E-state index < -0.39 is 0 Å². The number of rotatable bonds is 4. The first-order chi connectivity index (χ1) is 17.6. The fourth-order valence-corrected chi connectivity index (χ4v) is 6.85. The highest BCUT2D eigenvalue weighted by atomic mass is 32.2. The highest BCUT2D eigenvalue weighted by Gasteiger charge is 2.41. The quantitative estimate of drug-likeness (QED) is 0.270. The first-order valence-electron chi connectivity index (χ1n) is 13.0. The highest BCUT2D eigenvalue weighted by Crippen LogP contribution is 2.40. The van der Waals surface area contributed by atoms with Gasteiger partial charge in [0.1, 0.15) is 0 Å². The van der Waals surface area contributed by atoms with Gasteiger partial charge >= 0.3 is 0 Å². The van der Waals surface area contributed by atoms with Crippen LogP contribution in [0.25, 0.3) is 27.9 Å². The lowest BCUT2D eigenvalue weighted by Crippen LogP contribution is -2.44. The number of aryl methyl sites for hydroxylation is 1. The summed E-state index contributed by atoms with van der Waals surface area (Å²) in [7, 11) is 0. The van der Waals surface area contributed by atoms with E-state index >= 15 is 0 Å². The summed E-state index contributed by atoms with van der Waals surface area (Å²) < 4.78 is 2.36. The normalized spacial score (nSPS) is 22.9. The summed E-state index contributed by atoms with van der Waals surface area (Å²) in [6, 6.07) is 25.3. The van der Waals surface area contributed by atoms with Crippen molar-refractivity contribution >= 4 is 56.4 Å². The summed E-state index contributed by atoms with van der Waals surface area (Å²) >= 11 is 1.51. The van der Waals surface area contributed by atoms with E-state index in [4.69, 9.17) is 4.99 Å². The molecular weight excluding hydrogens is 462 g/mol. The first kappa shape index (κ1) is 23.1. The lowest BCUT2D eigenvalue weighted by Gasteiger charge is -2.35. The number of thioether (sulfide) groups is 1. The maximum atomic E-state index is 13.8. The molecule has 4 aromatic rings. The number of para-hydroxylation sites is 2. The maximum Gasteiger partial charge on any atom is 0.267 e. The molecule has 36 heavy (non-hydrogen) atoms. The van der Waals surface area contributed by atoms with Crippen molar-refractivity contribution in [3.63, 3.8) is 0 Å². The number of fused-ring (bicyclic) bond motifs is 3. The minimum atomic E-state index is 0.0875. The number of carbonyl (C=O) groups is 1. The summed E-state index contributed by atoms with van der Waals surface area (Å²) in [6.07, 6.45) is 6.66. The third-order valence-corrected chi connectivity index (χ3v) is 8.61. The summed E-state index contributed by atoms with van der Waals surface area (Å²) in [6.45, 7) is 5.39. The Labute approximate surface area is 216 Å². The number of amidine groups is 1. The van der Waals surface area contributed by atoms with Crippen LogP contribution in [0.2, 0.25) is 0 Å². The predicted molar refractivity (Wildman–Crippen MR) is 152 cm³/mol. The van der Waals surface area contributed by atoms with E-state index in [0.717, 1.165) is 40.7 Å². The molecule has 1 aliphatic carbocycles. The predicted octanol–water partition coefficient (Wildman–Crippen LogP) is 8.00. The van der Waals surface area contributed by atoms with Crippen LogP contribution in [-0.4, -0.2) is 26.6 Å². The molecule has 2 atom stereocenters. The molecule has 2 fully saturated rings. The van der Waals surface area contributed by atoms with E-state index in [0.29, 0.717) is 5.92 Å². The fourth-order valence-electron chi connectivity index (χ4n) is 5.80. The summed E-state index contributed by atoms with van der Waals surface area (Å²) in [4.78, 5) is 21.5. The fraction of sp³-hybridized carbons (Fsp3) is 0.290. The van der Waals surface area contributed by atoms with Gasteiger partial charge in [-0.15, -0.1) is 0 Å². The van der Waals surface area contributed by atoms with Crippen LogP contribution in [-0.2, 0) is 11.3 Å². The zero-order valence-corrected chi connectivity index (χ0v) is 21.7. The van der Waals surface area contributed by atoms with Crippen LogP contribution in [0.3, 0.4) is 0 Å². The number of hydrogen-bond acceptors (Lipinski definition) is 3. The second kappa shape index (κ2) is 9.62. The number of benzene rings is 3. The molecule has 3 aromatic carbocycles. The molecule has 0 bridgehead atoms. The number of carbonyl (C=O) groups excluding carboxylic acids is 1. The molecule has 4 nitrogen and oxygen atoms in total. The average Bonchev–Trinajstić information content (AvgIpc) is 3.38. The van der Waals surface area contributed by atoms with E-state index in [1.54, 1.807) is 0 Å². The van der Waals surface area contributed by atoms with E-state index in [1.807, 2.05) is 35.2 Å². The molecule has 1 saturated heterocycles. The standard InChI is InChI=1S/C31H31N3OS/c1-3-33-27-16-10-8-14-24(27)25-19-22(17-18-28(25)33)20-29-30(35)34(26-15-9-7-11-21(26)2)31(36-29)32-23-12-5-4-6-13-23/h4-6,8,10,12-14,16-21,26H,3,7,9,11,15H2,1-2H3/b29-20-,32-31?/t21-,26+/m1/s1. The molecule has 2 heterocycles. The Morgan fingerprint density at radius 1 is 0.944 bits per heavy atom. The van der Waals surface area contributed by atoms with Crippen molar-refractivity contribution in [3.05, 3.63) is 83.3 Å². The molecule has 1 saturated carbocycles.